The molecule has 0 radical (unpaired) electrons. The molecule has 0 bridgehead atoms. The first-order valence-corrected chi connectivity index (χ1v) is 7.94. The van der Waals surface area contributed by atoms with E-state index in [0.717, 1.165) is 12.0 Å². The topological polar surface area (TPSA) is 127 Å². The second-order valence-electron chi connectivity index (χ2n) is 6.28. The standard InChI is InChI=1S/C15H22N3O6/c19-8-11-12(20)13(21)14(22)15(24-11)17-4-1-2-9(6-17)10-3-5-18(7-10)16-23/h1-2,4,6,10-15,19-22H,3,5,7-8H2/q+1/t10?,11-,12-,13+,14-,15?/m1/s1. The number of hydrogen-bond donors (Lipinski definition) is 4. The molecule has 2 unspecified atom stereocenters. The summed E-state index contributed by atoms with van der Waals surface area (Å²) in [5, 5.41) is 43.7. The maximum atomic E-state index is 10.6. The van der Waals surface area contributed by atoms with Gasteiger partial charge in [0.25, 0.3) is 6.23 Å². The highest BCUT2D eigenvalue weighted by Crippen LogP contribution is 2.28. The van der Waals surface area contributed by atoms with Crippen LogP contribution in [0.3, 0.4) is 0 Å². The molecule has 1 aromatic rings. The summed E-state index contributed by atoms with van der Waals surface area (Å²) in [5.41, 5.74) is 0.959. The van der Waals surface area contributed by atoms with Crippen molar-refractivity contribution in [3.8, 4) is 0 Å². The van der Waals surface area contributed by atoms with E-state index in [1.165, 1.54) is 5.01 Å². The minimum absolute atomic E-state index is 0.139. The van der Waals surface area contributed by atoms with E-state index in [2.05, 4.69) is 5.29 Å². The van der Waals surface area contributed by atoms with Crippen molar-refractivity contribution in [2.45, 2.75) is 43.0 Å². The quantitative estimate of drug-likeness (QED) is 0.385. The summed E-state index contributed by atoms with van der Waals surface area (Å²) >= 11 is 0. The van der Waals surface area contributed by atoms with Crippen LogP contribution in [0, 0.1) is 4.91 Å². The van der Waals surface area contributed by atoms with Crippen molar-refractivity contribution in [2.24, 2.45) is 5.29 Å². The summed E-state index contributed by atoms with van der Waals surface area (Å²) in [6, 6.07) is 3.70. The zero-order valence-corrected chi connectivity index (χ0v) is 13.0. The Morgan fingerprint density at radius 2 is 2.08 bits per heavy atom. The molecule has 3 heterocycles. The lowest BCUT2D eigenvalue weighted by Crippen LogP contribution is -2.62. The fourth-order valence-corrected chi connectivity index (χ4v) is 3.33. The van der Waals surface area contributed by atoms with Crippen molar-refractivity contribution in [3.05, 3.63) is 35.0 Å². The summed E-state index contributed by atoms with van der Waals surface area (Å²) in [4.78, 5) is 10.6. The third-order valence-electron chi connectivity index (χ3n) is 4.76. The summed E-state index contributed by atoms with van der Waals surface area (Å²) in [6.07, 6.45) is -1.75. The molecule has 0 amide bonds. The Bertz CT molecular complexity index is 586. The molecule has 3 rings (SSSR count). The number of rotatable bonds is 4. The average molecular weight is 340 g/mol. The molecule has 0 aromatic carbocycles. The van der Waals surface area contributed by atoms with Crippen molar-refractivity contribution in [1.82, 2.24) is 5.01 Å². The molecule has 0 spiro atoms. The summed E-state index contributed by atoms with van der Waals surface area (Å²) in [6.45, 7) is 0.662. The predicted molar refractivity (Wildman–Crippen MR) is 80.4 cm³/mol. The third-order valence-corrected chi connectivity index (χ3v) is 4.76. The molecule has 0 aliphatic carbocycles. The first-order valence-electron chi connectivity index (χ1n) is 7.94. The molecular formula is C15H22N3O6+. The Hall–Kier alpha value is -1.65. The van der Waals surface area contributed by atoms with Gasteiger partial charge in [0.2, 0.25) is 0 Å². The Morgan fingerprint density at radius 1 is 1.29 bits per heavy atom. The summed E-state index contributed by atoms with van der Waals surface area (Å²) < 4.78 is 7.16. The minimum atomic E-state index is -1.42. The van der Waals surface area contributed by atoms with Crippen LogP contribution in [0.15, 0.2) is 29.8 Å². The predicted octanol–water partition coefficient (Wildman–Crippen LogP) is -1.58. The zero-order chi connectivity index (χ0) is 17.3. The Balaban J connectivity index is 1.81. The molecular weight excluding hydrogens is 318 g/mol. The smallest absolute Gasteiger partial charge is 0.292 e. The SMILES string of the molecule is O=NN1CCC(c2ccc[n+](C3O[C@H](CO)[C@@H](O)[C@H](O)[C@H]3O)c2)C1. The fraction of sp³-hybridized carbons (Fsp3) is 0.667. The van der Waals surface area contributed by atoms with E-state index in [1.54, 1.807) is 23.0 Å². The van der Waals surface area contributed by atoms with Gasteiger partial charge in [-0.25, -0.2) is 0 Å². The van der Waals surface area contributed by atoms with Gasteiger partial charge in [-0.1, -0.05) is 0 Å². The van der Waals surface area contributed by atoms with Crippen molar-refractivity contribution in [2.75, 3.05) is 19.7 Å². The molecule has 132 valence electrons. The number of hydrogen-bond acceptors (Lipinski definition) is 7. The van der Waals surface area contributed by atoms with Crippen LogP contribution >= 0.6 is 0 Å². The van der Waals surface area contributed by atoms with Crippen LogP contribution in [0.5, 0.6) is 0 Å². The third kappa shape index (κ3) is 3.13. The van der Waals surface area contributed by atoms with Gasteiger partial charge < -0.3 is 25.2 Å². The molecule has 0 saturated carbocycles. The van der Waals surface area contributed by atoms with Crippen molar-refractivity contribution in [3.63, 3.8) is 0 Å². The molecule has 2 aliphatic rings. The number of ether oxygens (including phenoxy) is 1. The molecule has 2 aliphatic heterocycles. The van der Waals surface area contributed by atoms with Crippen LogP contribution in [0.25, 0.3) is 0 Å². The second-order valence-corrected chi connectivity index (χ2v) is 6.28. The lowest BCUT2D eigenvalue weighted by molar-refractivity contribution is -0.778. The maximum Gasteiger partial charge on any atom is 0.292 e. The van der Waals surface area contributed by atoms with Gasteiger partial charge in [0.15, 0.2) is 18.5 Å². The van der Waals surface area contributed by atoms with Gasteiger partial charge in [0.1, 0.15) is 18.3 Å². The first kappa shape index (κ1) is 17.2. The molecule has 4 N–H and O–H groups in total. The van der Waals surface area contributed by atoms with Crippen LogP contribution in [0.2, 0.25) is 0 Å². The Morgan fingerprint density at radius 3 is 2.75 bits per heavy atom. The summed E-state index contributed by atoms with van der Waals surface area (Å²) in [5.74, 6) is 0.139. The van der Waals surface area contributed by atoms with E-state index < -0.39 is 37.3 Å². The number of nitrogens with zero attached hydrogens (tertiary/aromatic N) is 3. The van der Waals surface area contributed by atoms with Gasteiger partial charge in [-0.3, -0.25) is 5.01 Å². The Kier molecular flexibility index (Phi) is 5.07. The van der Waals surface area contributed by atoms with Gasteiger partial charge in [-0.05, 0) is 12.5 Å². The van der Waals surface area contributed by atoms with Gasteiger partial charge >= 0.3 is 0 Å². The molecule has 1 aromatic heterocycles. The Labute approximate surface area is 138 Å². The van der Waals surface area contributed by atoms with Crippen LogP contribution in [-0.4, -0.2) is 69.5 Å². The number of pyridine rings is 1. The molecule has 24 heavy (non-hydrogen) atoms. The van der Waals surface area contributed by atoms with Crippen molar-refractivity contribution in [1.29, 1.82) is 0 Å². The molecule has 9 nitrogen and oxygen atoms in total. The van der Waals surface area contributed by atoms with Crippen LogP contribution in [-0.2, 0) is 4.74 Å². The average Bonchev–Trinajstić information content (AvgIpc) is 3.09. The number of aliphatic hydroxyl groups is 4. The lowest BCUT2D eigenvalue weighted by Gasteiger charge is -2.36. The molecule has 2 saturated heterocycles. The van der Waals surface area contributed by atoms with Gasteiger partial charge in [-0.2, -0.15) is 4.57 Å². The van der Waals surface area contributed by atoms with E-state index >= 15 is 0 Å². The van der Waals surface area contributed by atoms with Gasteiger partial charge in [0.05, 0.1) is 11.9 Å². The van der Waals surface area contributed by atoms with Crippen molar-refractivity contribution < 1.29 is 29.7 Å². The maximum absolute atomic E-state index is 10.6. The number of aliphatic hydroxyl groups excluding tert-OH is 4. The molecule has 2 fully saturated rings. The van der Waals surface area contributed by atoms with E-state index in [4.69, 9.17) is 4.74 Å². The van der Waals surface area contributed by atoms with E-state index in [-0.39, 0.29) is 5.92 Å². The highest BCUT2D eigenvalue weighted by molar-refractivity contribution is 5.14. The number of aromatic nitrogens is 1. The van der Waals surface area contributed by atoms with E-state index in [0.29, 0.717) is 13.1 Å². The summed E-state index contributed by atoms with van der Waals surface area (Å²) in [7, 11) is 0. The van der Waals surface area contributed by atoms with E-state index in [9.17, 15) is 25.3 Å². The largest absolute Gasteiger partial charge is 0.394 e. The normalized spacial score (nSPS) is 36.8. The van der Waals surface area contributed by atoms with Crippen molar-refractivity contribution >= 4 is 0 Å². The first-order chi connectivity index (χ1) is 11.5. The minimum Gasteiger partial charge on any atom is -0.394 e. The fourth-order valence-electron chi connectivity index (χ4n) is 3.33. The van der Waals surface area contributed by atoms with Gasteiger partial charge in [-0.15, -0.1) is 4.91 Å². The zero-order valence-electron chi connectivity index (χ0n) is 13.0. The highest BCUT2D eigenvalue weighted by Gasteiger charge is 2.48. The van der Waals surface area contributed by atoms with Crippen LogP contribution in [0.4, 0.5) is 0 Å². The second kappa shape index (κ2) is 7.08. The molecule has 9 heteroatoms. The number of nitroso groups, excluding NO2 is 1. The van der Waals surface area contributed by atoms with Crippen LogP contribution in [0.1, 0.15) is 24.1 Å². The van der Waals surface area contributed by atoms with E-state index in [1.807, 2.05) is 6.07 Å². The van der Waals surface area contributed by atoms with Gasteiger partial charge in [0, 0.05) is 30.6 Å². The lowest BCUT2D eigenvalue weighted by atomic mass is 9.97. The van der Waals surface area contributed by atoms with Crippen LogP contribution < -0.4 is 4.57 Å². The highest BCUT2D eigenvalue weighted by atomic mass is 16.6. The monoisotopic (exact) mass is 340 g/mol. The molecule has 6 atom stereocenters.